The van der Waals surface area contributed by atoms with Gasteiger partial charge in [-0.25, -0.2) is 9.37 Å². The number of para-hydroxylation sites is 1. The van der Waals surface area contributed by atoms with Crippen LogP contribution in [0.1, 0.15) is 29.6 Å². The molecular formula is C27H23ClFN3OS. The molecule has 1 aromatic heterocycles. The third kappa shape index (κ3) is 4.88. The Morgan fingerprint density at radius 1 is 1.00 bits per heavy atom. The number of carbonyl (C=O) groups excluding carboxylic acids is 1. The first kappa shape index (κ1) is 22.7. The van der Waals surface area contributed by atoms with Gasteiger partial charge in [-0.1, -0.05) is 42.3 Å². The minimum absolute atomic E-state index is 0.00361. The number of amides is 1. The molecule has 0 bridgehead atoms. The summed E-state index contributed by atoms with van der Waals surface area (Å²) in [5, 5.41) is 4.35. The largest absolute Gasteiger partial charge is 0.322 e. The number of anilines is 2. The summed E-state index contributed by atoms with van der Waals surface area (Å²) >= 11 is 8.16. The van der Waals surface area contributed by atoms with Gasteiger partial charge in [0.2, 0.25) is 0 Å². The van der Waals surface area contributed by atoms with Crippen LogP contribution in [0.25, 0.3) is 22.2 Å². The van der Waals surface area contributed by atoms with Crippen molar-refractivity contribution in [2.24, 2.45) is 0 Å². The molecule has 34 heavy (non-hydrogen) atoms. The number of aromatic nitrogens is 1. The lowest BCUT2D eigenvalue weighted by Gasteiger charge is -2.21. The Balaban J connectivity index is 1.37. The summed E-state index contributed by atoms with van der Waals surface area (Å²) < 4.78 is 17.0. The normalized spacial score (nSPS) is 14.1. The van der Waals surface area contributed by atoms with Gasteiger partial charge in [0, 0.05) is 34.6 Å². The van der Waals surface area contributed by atoms with Crippen LogP contribution in [0.15, 0.2) is 72.8 Å². The monoisotopic (exact) mass is 491 g/mol. The Morgan fingerprint density at radius 3 is 2.76 bits per heavy atom. The van der Waals surface area contributed by atoms with Crippen LogP contribution in [-0.2, 0) is 0 Å². The number of benzene rings is 3. The Labute approximate surface area is 207 Å². The van der Waals surface area contributed by atoms with Crippen molar-refractivity contribution < 1.29 is 9.18 Å². The highest BCUT2D eigenvalue weighted by atomic mass is 35.5. The van der Waals surface area contributed by atoms with Gasteiger partial charge in [-0.15, -0.1) is 0 Å². The van der Waals surface area contributed by atoms with E-state index < -0.39 is 11.7 Å². The van der Waals surface area contributed by atoms with E-state index in [2.05, 4.69) is 9.62 Å². The highest BCUT2D eigenvalue weighted by Crippen LogP contribution is 2.32. The van der Waals surface area contributed by atoms with E-state index in [1.807, 2.05) is 42.5 Å². The second-order valence-corrected chi connectivity index (χ2v) is 9.71. The van der Waals surface area contributed by atoms with Crippen molar-refractivity contribution in [1.29, 1.82) is 0 Å². The molecule has 1 aliphatic rings. The maximum absolute atomic E-state index is 14.9. The number of carbonyl (C=O) groups is 1. The first-order valence-corrected chi connectivity index (χ1v) is 12.6. The summed E-state index contributed by atoms with van der Waals surface area (Å²) in [6.45, 7) is 0.881. The Bertz CT molecular complexity index is 1360. The van der Waals surface area contributed by atoms with E-state index in [-0.39, 0.29) is 5.56 Å². The van der Waals surface area contributed by atoms with E-state index in [4.69, 9.17) is 16.6 Å². The molecular weight excluding hydrogens is 469 g/mol. The van der Waals surface area contributed by atoms with Crippen molar-refractivity contribution in [2.75, 3.05) is 21.9 Å². The van der Waals surface area contributed by atoms with Gasteiger partial charge in [-0.3, -0.25) is 4.79 Å². The lowest BCUT2D eigenvalue weighted by Crippen LogP contribution is -2.17. The first-order valence-electron chi connectivity index (χ1n) is 11.3. The zero-order valence-electron chi connectivity index (χ0n) is 18.4. The van der Waals surface area contributed by atoms with E-state index in [9.17, 15) is 9.18 Å². The van der Waals surface area contributed by atoms with Crippen molar-refractivity contribution >= 4 is 51.7 Å². The Morgan fingerprint density at radius 2 is 1.88 bits per heavy atom. The van der Waals surface area contributed by atoms with Crippen LogP contribution < -0.4 is 9.62 Å². The molecule has 0 atom stereocenters. The molecule has 0 aliphatic carbocycles. The molecule has 0 unspecified atom stereocenters. The van der Waals surface area contributed by atoms with Gasteiger partial charge in [-0.05, 0) is 73.3 Å². The zero-order valence-corrected chi connectivity index (χ0v) is 20.0. The van der Waals surface area contributed by atoms with Gasteiger partial charge in [0.15, 0.2) is 0 Å². The van der Waals surface area contributed by atoms with Crippen molar-refractivity contribution in [3.8, 4) is 11.3 Å². The van der Waals surface area contributed by atoms with E-state index in [1.165, 1.54) is 18.9 Å². The van der Waals surface area contributed by atoms with Crippen molar-refractivity contribution in [2.45, 2.75) is 19.3 Å². The molecule has 5 rings (SSSR count). The van der Waals surface area contributed by atoms with Crippen LogP contribution in [0.5, 0.6) is 0 Å². The van der Waals surface area contributed by atoms with Crippen LogP contribution in [0.4, 0.5) is 15.8 Å². The van der Waals surface area contributed by atoms with Gasteiger partial charge in [0.25, 0.3) is 5.91 Å². The predicted molar refractivity (Wildman–Crippen MR) is 140 cm³/mol. The number of nitrogens with zero attached hydrogens (tertiary/aromatic N) is 2. The molecule has 4 nitrogen and oxygen atoms in total. The lowest BCUT2D eigenvalue weighted by atomic mass is 10.1. The number of rotatable bonds is 4. The summed E-state index contributed by atoms with van der Waals surface area (Å²) in [6.07, 6.45) is 3.44. The predicted octanol–water partition coefficient (Wildman–Crippen LogP) is 7.59. The fourth-order valence-electron chi connectivity index (χ4n) is 4.03. The molecule has 1 saturated heterocycles. The summed E-state index contributed by atoms with van der Waals surface area (Å²) in [6, 6.07) is 21.7. The Kier molecular flexibility index (Phi) is 6.70. The van der Waals surface area contributed by atoms with E-state index >= 15 is 0 Å². The molecule has 4 aromatic rings. The van der Waals surface area contributed by atoms with Gasteiger partial charge >= 0.3 is 0 Å². The summed E-state index contributed by atoms with van der Waals surface area (Å²) in [5.74, 6) is -0.0213. The molecule has 0 spiro atoms. The van der Waals surface area contributed by atoms with E-state index in [1.54, 1.807) is 36.2 Å². The highest BCUT2D eigenvalue weighted by Gasteiger charge is 2.17. The number of nitrogens with one attached hydrogen (secondary N) is 1. The standard InChI is InChI=1S/C27H23ClFN3OS/c28-23-12-9-19(16-22(23)26-13-8-18-6-2-3-7-25(18)31-26)30-27(33)21-11-10-20(17-24(21)29)32-14-4-1-5-15-34-32/h2-3,6-13,16-17H,1,4-5,14-15H2,(H,30,33). The molecule has 1 N–H and O–H groups in total. The SMILES string of the molecule is O=C(Nc1ccc(Cl)c(-c2ccc3ccccc3n2)c1)c1ccc(N2CCCCCS2)cc1F. The van der Waals surface area contributed by atoms with Crippen molar-refractivity contribution in [1.82, 2.24) is 4.98 Å². The molecule has 172 valence electrons. The summed E-state index contributed by atoms with van der Waals surface area (Å²) in [5.41, 5.74) is 3.56. The number of hydrogen-bond donors (Lipinski definition) is 1. The minimum Gasteiger partial charge on any atom is -0.322 e. The lowest BCUT2D eigenvalue weighted by molar-refractivity contribution is 0.102. The van der Waals surface area contributed by atoms with E-state index in [0.717, 1.165) is 35.3 Å². The third-order valence-corrected chi connectivity index (χ3v) is 7.34. The molecule has 0 saturated carbocycles. The van der Waals surface area contributed by atoms with Crippen LogP contribution >= 0.6 is 23.5 Å². The number of fused-ring (bicyclic) bond motifs is 1. The molecule has 0 radical (unpaired) electrons. The molecule has 2 heterocycles. The van der Waals surface area contributed by atoms with Crippen molar-refractivity contribution in [3.05, 3.63) is 89.2 Å². The second kappa shape index (κ2) is 10.0. The average Bonchev–Trinajstić information content (AvgIpc) is 3.14. The number of halogens is 2. The average molecular weight is 492 g/mol. The molecule has 1 amide bonds. The molecule has 3 aromatic carbocycles. The fraction of sp³-hybridized carbons (Fsp3) is 0.185. The van der Waals surface area contributed by atoms with Crippen LogP contribution in [0, 0.1) is 5.82 Å². The third-order valence-electron chi connectivity index (χ3n) is 5.84. The van der Waals surface area contributed by atoms with E-state index in [0.29, 0.717) is 22.0 Å². The topological polar surface area (TPSA) is 45.2 Å². The highest BCUT2D eigenvalue weighted by molar-refractivity contribution is 8.00. The minimum atomic E-state index is -0.537. The quantitative estimate of drug-likeness (QED) is 0.299. The van der Waals surface area contributed by atoms with Gasteiger partial charge in [0.1, 0.15) is 5.82 Å². The number of pyridine rings is 1. The van der Waals surface area contributed by atoms with Crippen molar-refractivity contribution in [3.63, 3.8) is 0 Å². The zero-order chi connectivity index (χ0) is 23.5. The van der Waals surface area contributed by atoms with Crippen LogP contribution in [0.3, 0.4) is 0 Å². The smallest absolute Gasteiger partial charge is 0.258 e. The summed E-state index contributed by atoms with van der Waals surface area (Å²) in [4.78, 5) is 17.6. The Hall–Kier alpha value is -3.09. The maximum Gasteiger partial charge on any atom is 0.258 e. The second-order valence-electron chi connectivity index (χ2n) is 8.20. The van der Waals surface area contributed by atoms with Crippen LogP contribution in [0.2, 0.25) is 5.02 Å². The van der Waals surface area contributed by atoms with Crippen LogP contribution in [-0.4, -0.2) is 23.2 Å². The molecule has 7 heteroatoms. The van der Waals surface area contributed by atoms with Gasteiger partial charge < -0.3 is 9.62 Å². The van der Waals surface area contributed by atoms with Gasteiger partial charge in [0.05, 0.1) is 21.8 Å². The van der Waals surface area contributed by atoms with Gasteiger partial charge in [-0.2, -0.15) is 0 Å². The molecule has 1 fully saturated rings. The molecule has 1 aliphatic heterocycles. The first-order chi connectivity index (χ1) is 16.6. The maximum atomic E-state index is 14.9. The fourth-order valence-corrected chi connectivity index (χ4v) is 5.32. The summed E-state index contributed by atoms with van der Waals surface area (Å²) in [7, 11) is 0. The number of hydrogen-bond acceptors (Lipinski definition) is 4.